The molecule has 0 aliphatic carbocycles. The van der Waals surface area contributed by atoms with E-state index in [2.05, 4.69) is 39.8 Å². The lowest BCUT2D eigenvalue weighted by molar-refractivity contribution is 0.337. The monoisotopic (exact) mass is 235 g/mol. The summed E-state index contributed by atoms with van der Waals surface area (Å²) in [4.78, 5) is 0. The fourth-order valence-electron chi connectivity index (χ4n) is 2.25. The van der Waals surface area contributed by atoms with Crippen molar-refractivity contribution in [2.75, 3.05) is 13.7 Å². The third kappa shape index (κ3) is 3.74. The highest BCUT2D eigenvalue weighted by atomic mass is 16.5. The summed E-state index contributed by atoms with van der Waals surface area (Å²) in [6.07, 6.45) is 2.12. The summed E-state index contributed by atoms with van der Waals surface area (Å²) < 4.78 is 5.34. The van der Waals surface area contributed by atoms with Gasteiger partial charge in [0.05, 0.1) is 7.11 Å². The highest BCUT2D eigenvalue weighted by molar-refractivity contribution is 5.41. The number of methoxy groups -OCH3 is 1. The van der Waals surface area contributed by atoms with Crippen molar-refractivity contribution in [3.05, 3.63) is 28.8 Å². The molecule has 0 amide bonds. The van der Waals surface area contributed by atoms with Crippen LogP contribution in [-0.4, -0.2) is 13.7 Å². The molecule has 0 unspecified atom stereocenters. The first-order chi connectivity index (χ1) is 7.89. The van der Waals surface area contributed by atoms with E-state index in [1.165, 1.54) is 16.7 Å². The van der Waals surface area contributed by atoms with Gasteiger partial charge in [-0.15, -0.1) is 0 Å². The number of ether oxygens (including phenoxy) is 1. The van der Waals surface area contributed by atoms with Gasteiger partial charge in [0.2, 0.25) is 0 Å². The van der Waals surface area contributed by atoms with E-state index in [1.807, 2.05) is 0 Å². The molecule has 2 nitrogen and oxygen atoms in total. The fourth-order valence-corrected chi connectivity index (χ4v) is 2.25. The zero-order chi connectivity index (χ0) is 13.1. The summed E-state index contributed by atoms with van der Waals surface area (Å²) in [5, 5.41) is 0. The molecule has 0 radical (unpaired) electrons. The molecule has 0 saturated carbocycles. The van der Waals surface area contributed by atoms with Crippen LogP contribution in [-0.2, 0) is 6.42 Å². The lowest BCUT2D eigenvalue weighted by Crippen LogP contribution is -2.20. The smallest absolute Gasteiger partial charge is 0.122 e. The van der Waals surface area contributed by atoms with Crippen LogP contribution in [0.25, 0.3) is 0 Å². The quantitative estimate of drug-likeness (QED) is 0.850. The normalized spacial score (nSPS) is 11.6. The van der Waals surface area contributed by atoms with Crippen LogP contribution in [0.2, 0.25) is 0 Å². The number of aryl methyl sites for hydroxylation is 2. The molecule has 0 atom stereocenters. The molecule has 1 aromatic carbocycles. The minimum absolute atomic E-state index is 0.264. The zero-order valence-electron chi connectivity index (χ0n) is 11.8. The Morgan fingerprint density at radius 3 is 2.35 bits per heavy atom. The van der Waals surface area contributed by atoms with Crippen molar-refractivity contribution in [2.45, 2.75) is 40.5 Å². The van der Waals surface area contributed by atoms with Gasteiger partial charge in [-0.25, -0.2) is 0 Å². The Balaban J connectivity index is 2.96. The second kappa shape index (κ2) is 5.54. The van der Waals surface area contributed by atoms with Crippen molar-refractivity contribution in [2.24, 2.45) is 11.1 Å². The van der Waals surface area contributed by atoms with E-state index >= 15 is 0 Å². The summed E-state index contributed by atoms with van der Waals surface area (Å²) >= 11 is 0. The van der Waals surface area contributed by atoms with E-state index in [4.69, 9.17) is 10.5 Å². The molecule has 0 heterocycles. The molecule has 0 fully saturated rings. The Morgan fingerprint density at radius 1 is 1.18 bits per heavy atom. The maximum absolute atomic E-state index is 5.66. The molecule has 0 bridgehead atoms. The van der Waals surface area contributed by atoms with Gasteiger partial charge in [-0.05, 0) is 61.4 Å². The van der Waals surface area contributed by atoms with Gasteiger partial charge < -0.3 is 10.5 Å². The van der Waals surface area contributed by atoms with Gasteiger partial charge in [0, 0.05) is 0 Å². The second-order valence-corrected chi connectivity index (χ2v) is 5.63. The van der Waals surface area contributed by atoms with Crippen molar-refractivity contribution in [1.29, 1.82) is 0 Å². The van der Waals surface area contributed by atoms with Crippen LogP contribution in [0.5, 0.6) is 5.75 Å². The first-order valence-electron chi connectivity index (χ1n) is 6.24. The van der Waals surface area contributed by atoms with Crippen molar-refractivity contribution in [1.82, 2.24) is 0 Å². The van der Waals surface area contributed by atoms with Gasteiger partial charge in [0.25, 0.3) is 0 Å². The molecule has 0 spiro atoms. The summed E-state index contributed by atoms with van der Waals surface area (Å²) in [6, 6.07) is 4.37. The van der Waals surface area contributed by atoms with Crippen molar-refractivity contribution in [3.8, 4) is 5.75 Å². The third-order valence-corrected chi connectivity index (χ3v) is 3.34. The third-order valence-electron chi connectivity index (χ3n) is 3.34. The predicted octanol–water partition coefficient (Wildman–Crippen LogP) is 3.23. The molecule has 1 aromatic rings. The van der Waals surface area contributed by atoms with Crippen molar-refractivity contribution < 1.29 is 4.74 Å². The molecule has 0 aliphatic heterocycles. The Labute approximate surface area is 105 Å². The van der Waals surface area contributed by atoms with E-state index in [-0.39, 0.29) is 5.41 Å². The summed E-state index contributed by atoms with van der Waals surface area (Å²) in [5.41, 5.74) is 9.84. The average molecular weight is 235 g/mol. The van der Waals surface area contributed by atoms with Crippen LogP contribution in [0.15, 0.2) is 12.1 Å². The molecular weight excluding hydrogens is 210 g/mol. The fraction of sp³-hybridized carbons (Fsp3) is 0.600. The van der Waals surface area contributed by atoms with Crippen LogP contribution in [0.3, 0.4) is 0 Å². The topological polar surface area (TPSA) is 35.2 Å². The van der Waals surface area contributed by atoms with Gasteiger partial charge in [0.1, 0.15) is 5.75 Å². The van der Waals surface area contributed by atoms with E-state index in [0.29, 0.717) is 0 Å². The highest BCUT2D eigenvalue weighted by Gasteiger charge is 2.19. The molecule has 17 heavy (non-hydrogen) atoms. The van der Waals surface area contributed by atoms with Gasteiger partial charge in [0.15, 0.2) is 0 Å². The minimum Gasteiger partial charge on any atom is -0.496 e. The van der Waals surface area contributed by atoms with Crippen LogP contribution >= 0.6 is 0 Å². The average Bonchev–Trinajstić information content (AvgIpc) is 2.22. The largest absolute Gasteiger partial charge is 0.496 e. The lowest BCUT2D eigenvalue weighted by atomic mass is 9.81. The Hall–Kier alpha value is -1.02. The molecule has 0 aromatic heterocycles. The van der Waals surface area contributed by atoms with Crippen molar-refractivity contribution >= 4 is 0 Å². The maximum Gasteiger partial charge on any atom is 0.122 e. The van der Waals surface area contributed by atoms with Crippen LogP contribution < -0.4 is 10.5 Å². The van der Waals surface area contributed by atoms with E-state index in [9.17, 15) is 0 Å². The first-order valence-corrected chi connectivity index (χ1v) is 6.24. The molecule has 96 valence electrons. The predicted molar refractivity (Wildman–Crippen MR) is 73.6 cm³/mol. The van der Waals surface area contributed by atoms with Gasteiger partial charge >= 0.3 is 0 Å². The van der Waals surface area contributed by atoms with E-state index in [1.54, 1.807) is 7.11 Å². The molecule has 0 aliphatic rings. The lowest BCUT2D eigenvalue weighted by Gasteiger charge is -2.25. The van der Waals surface area contributed by atoms with Crippen molar-refractivity contribution in [3.63, 3.8) is 0 Å². The van der Waals surface area contributed by atoms with E-state index < -0.39 is 0 Å². The van der Waals surface area contributed by atoms with Gasteiger partial charge in [-0.3, -0.25) is 0 Å². The number of benzene rings is 1. The maximum atomic E-state index is 5.66. The molecule has 1 rings (SSSR count). The molecule has 0 saturated heterocycles. The minimum atomic E-state index is 0.264. The van der Waals surface area contributed by atoms with Crippen LogP contribution in [0.4, 0.5) is 0 Å². The van der Waals surface area contributed by atoms with Crippen LogP contribution in [0, 0.1) is 19.3 Å². The van der Waals surface area contributed by atoms with Gasteiger partial charge in [-0.2, -0.15) is 0 Å². The SMILES string of the molecule is COc1cc(C)c(CC(C)(C)CCN)cc1C. The molecule has 2 N–H and O–H groups in total. The second-order valence-electron chi connectivity index (χ2n) is 5.63. The zero-order valence-corrected chi connectivity index (χ0v) is 11.8. The van der Waals surface area contributed by atoms with Gasteiger partial charge in [-0.1, -0.05) is 19.9 Å². The number of hydrogen-bond donors (Lipinski definition) is 1. The number of rotatable bonds is 5. The summed E-state index contributed by atoms with van der Waals surface area (Å²) in [5.74, 6) is 0.975. The summed E-state index contributed by atoms with van der Waals surface area (Å²) in [6.45, 7) is 9.55. The molecule has 2 heteroatoms. The Morgan fingerprint density at radius 2 is 1.82 bits per heavy atom. The Bertz CT molecular complexity index is 383. The highest BCUT2D eigenvalue weighted by Crippen LogP contribution is 2.30. The molecular formula is C15H25NO. The van der Waals surface area contributed by atoms with Crippen LogP contribution in [0.1, 0.15) is 37.0 Å². The first kappa shape index (κ1) is 14.0. The summed E-state index contributed by atoms with van der Waals surface area (Å²) in [7, 11) is 1.72. The standard InChI is InChI=1S/C15H25NO/c1-11-9-14(17-5)12(2)8-13(11)10-15(3,4)6-7-16/h8-9H,6-7,10,16H2,1-5H3. The Kier molecular flexibility index (Phi) is 4.58. The number of hydrogen-bond acceptors (Lipinski definition) is 2. The van der Waals surface area contributed by atoms with E-state index in [0.717, 1.165) is 25.1 Å². The number of nitrogens with two attached hydrogens (primary N) is 1.